The first-order valence-electron chi connectivity index (χ1n) is 12.2. The Balaban J connectivity index is 1.58. The van der Waals surface area contributed by atoms with Gasteiger partial charge in [0.2, 0.25) is 0 Å². The molecule has 3 amide bonds. The third kappa shape index (κ3) is 6.71. The van der Waals surface area contributed by atoms with E-state index in [1.807, 2.05) is 44.2 Å². The van der Waals surface area contributed by atoms with Crippen LogP contribution in [-0.2, 0) is 20.8 Å². The molecular formula is C29H26BrN3O5S. The van der Waals surface area contributed by atoms with Gasteiger partial charge in [0.15, 0.2) is 23.2 Å². The van der Waals surface area contributed by atoms with E-state index in [0.717, 1.165) is 12.0 Å². The number of para-hydroxylation sites is 1. The average Bonchev–Trinajstić information content (AvgIpc) is 2.91. The van der Waals surface area contributed by atoms with Gasteiger partial charge in [-0.1, -0.05) is 37.3 Å². The highest BCUT2D eigenvalue weighted by Crippen LogP contribution is 2.38. The molecule has 4 rings (SSSR count). The maximum atomic E-state index is 13.4. The lowest BCUT2D eigenvalue weighted by Gasteiger charge is -2.29. The average molecular weight is 609 g/mol. The number of aryl methyl sites for hydroxylation is 1. The fraction of sp³-hybridized carbons (Fsp3) is 0.172. The van der Waals surface area contributed by atoms with Gasteiger partial charge >= 0.3 is 0 Å². The topological polar surface area (TPSA) is 97.0 Å². The first-order valence-corrected chi connectivity index (χ1v) is 13.4. The van der Waals surface area contributed by atoms with E-state index < -0.39 is 11.8 Å². The molecule has 0 saturated carbocycles. The molecule has 10 heteroatoms. The molecule has 39 heavy (non-hydrogen) atoms. The lowest BCUT2D eigenvalue weighted by Crippen LogP contribution is -2.54. The van der Waals surface area contributed by atoms with Crippen LogP contribution in [0.15, 0.2) is 76.8 Å². The maximum Gasteiger partial charge on any atom is 0.270 e. The van der Waals surface area contributed by atoms with Crippen molar-refractivity contribution in [2.75, 3.05) is 23.4 Å². The van der Waals surface area contributed by atoms with E-state index in [2.05, 4.69) is 26.6 Å². The van der Waals surface area contributed by atoms with Crippen LogP contribution in [0.4, 0.5) is 11.4 Å². The second kappa shape index (κ2) is 12.7. The summed E-state index contributed by atoms with van der Waals surface area (Å²) in [6.45, 7) is 3.93. The number of hydrogen-bond donors (Lipinski definition) is 2. The zero-order chi connectivity index (χ0) is 27.9. The lowest BCUT2D eigenvalue weighted by atomic mass is 10.1. The third-order valence-corrected chi connectivity index (χ3v) is 6.63. The van der Waals surface area contributed by atoms with E-state index in [1.54, 1.807) is 36.4 Å². The summed E-state index contributed by atoms with van der Waals surface area (Å²) in [7, 11) is 0. The van der Waals surface area contributed by atoms with Crippen LogP contribution in [0.1, 0.15) is 25.0 Å². The number of ether oxygens (including phenoxy) is 2. The van der Waals surface area contributed by atoms with Crippen molar-refractivity contribution < 1.29 is 23.9 Å². The summed E-state index contributed by atoms with van der Waals surface area (Å²) >= 11 is 8.76. The van der Waals surface area contributed by atoms with Crippen molar-refractivity contribution in [2.24, 2.45) is 0 Å². The Kier molecular flexibility index (Phi) is 9.11. The SMILES string of the molecule is CCOc1cc(/C=C2\C(=O)NC(=S)N(c3ccc(CC)cc3)C2=O)cc(Br)c1OCC(=O)Nc1ccccc1. The number of rotatable bonds is 9. The molecule has 0 aromatic heterocycles. The number of halogens is 1. The number of hydrogen-bond acceptors (Lipinski definition) is 6. The van der Waals surface area contributed by atoms with Crippen LogP contribution in [-0.4, -0.2) is 36.0 Å². The van der Waals surface area contributed by atoms with Gasteiger partial charge in [-0.3, -0.25) is 24.6 Å². The molecule has 0 atom stereocenters. The molecule has 1 aliphatic heterocycles. The summed E-state index contributed by atoms with van der Waals surface area (Å²) in [6.07, 6.45) is 2.32. The molecule has 1 saturated heterocycles. The van der Waals surface area contributed by atoms with Gasteiger partial charge in [-0.05, 0) is 95.1 Å². The first kappa shape index (κ1) is 28.0. The Bertz CT molecular complexity index is 1440. The predicted octanol–water partition coefficient (Wildman–Crippen LogP) is 5.26. The Morgan fingerprint density at radius 3 is 2.44 bits per heavy atom. The van der Waals surface area contributed by atoms with Crippen LogP contribution in [0.2, 0.25) is 0 Å². The van der Waals surface area contributed by atoms with Crippen LogP contribution in [0, 0.1) is 0 Å². The fourth-order valence-electron chi connectivity index (χ4n) is 3.87. The smallest absolute Gasteiger partial charge is 0.270 e. The van der Waals surface area contributed by atoms with Crippen molar-refractivity contribution in [1.82, 2.24) is 5.32 Å². The highest BCUT2D eigenvalue weighted by molar-refractivity contribution is 9.10. The second-order valence-electron chi connectivity index (χ2n) is 8.44. The zero-order valence-corrected chi connectivity index (χ0v) is 23.7. The van der Waals surface area contributed by atoms with E-state index in [1.165, 1.54) is 11.0 Å². The molecule has 8 nitrogen and oxygen atoms in total. The standard InChI is InChI=1S/C29H26BrN3O5S/c1-3-18-10-12-21(13-11-18)33-28(36)22(27(35)32-29(33)39)14-19-15-23(30)26(24(16-19)37-4-2)38-17-25(34)31-20-8-6-5-7-9-20/h5-16H,3-4,17H2,1-2H3,(H,31,34)(H,32,35,39)/b22-14+. The van der Waals surface area contributed by atoms with Crippen LogP contribution in [0.3, 0.4) is 0 Å². The number of thiocarbonyl (C=S) groups is 1. The number of carbonyl (C=O) groups is 3. The highest BCUT2D eigenvalue weighted by atomic mass is 79.9. The van der Waals surface area contributed by atoms with E-state index in [4.69, 9.17) is 21.7 Å². The minimum absolute atomic E-state index is 0.0140. The summed E-state index contributed by atoms with van der Waals surface area (Å²) in [5.74, 6) is -0.814. The fourth-order valence-corrected chi connectivity index (χ4v) is 4.73. The third-order valence-electron chi connectivity index (χ3n) is 5.75. The Hall–Kier alpha value is -4.02. The van der Waals surface area contributed by atoms with Crippen LogP contribution < -0.4 is 25.0 Å². The molecule has 3 aromatic carbocycles. The number of carbonyl (C=O) groups excluding carboxylic acids is 3. The van der Waals surface area contributed by atoms with Gasteiger partial charge < -0.3 is 14.8 Å². The number of anilines is 2. The molecule has 1 aliphatic rings. The van der Waals surface area contributed by atoms with E-state index >= 15 is 0 Å². The molecule has 2 N–H and O–H groups in total. The summed E-state index contributed by atoms with van der Waals surface area (Å²) in [4.78, 5) is 39.8. The number of nitrogens with zero attached hydrogens (tertiary/aromatic N) is 1. The monoisotopic (exact) mass is 607 g/mol. The van der Waals surface area contributed by atoms with Crippen molar-refractivity contribution in [2.45, 2.75) is 20.3 Å². The largest absolute Gasteiger partial charge is 0.490 e. The van der Waals surface area contributed by atoms with Crippen LogP contribution in [0.5, 0.6) is 11.5 Å². The Morgan fingerprint density at radius 1 is 1.05 bits per heavy atom. The molecular weight excluding hydrogens is 582 g/mol. The number of amides is 3. The predicted molar refractivity (Wildman–Crippen MR) is 158 cm³/mol. The first-order chi connectivity index (χ1) is 18.8. The maximum absolute atomic E-state index is 13.4. The Labute approximate surface area is 240 Å². The van der Waals surface area contributed by atoms with Gasteiger partial charge in [0.05, 0.1) is 16.8 Å². The zero-order valence-electron chi connectivity index (χ0n) is 21.3. The van der Waals surface area contributed by atoms with Crippen molar-refractivity contribution in [3.05, 3.63) is 87.9 Å². The minimum Gasteiger partial charge on any atom is -0.490 e. The lowest BCUT2D eigenvalue weighted by molar-refractivity contribution is -0.122. The summed E-state index contributed by atoms with van der Waals surface area (Å²) in [5.41, 5.74) is 2.75. The van der Waals surface area contributed by atoms with E-state index in [-0.39, 0.29) is 23.2 Å². The quantitative estimate of drug-likeness (QED) is 0.196. The molecule has 1 fully saturated rings. The minimum atomic E-state index is -0.599. The van der Waals surface area contributed by atoms with Crippen LogP contribution in [0.25, 0.3) is 6.08 Å². The van der Waals surface area contributed by atoms with E-state index in [0.29, 0.717) is 39.5 Å². The molecule has 3 aromatic rings. The van der Waals surface area contributed by atoms with Gasteiger partial charge in [-0.25, -0.2) is 0 Å². The molecule has 0 aliphatic carbocycles. The summed E-state index contributed by atoms with van der Waals surface area (Å²) in [5, 5.41) is 5.37. The van der Waals surface area contributed by atoms with Crippen molar-refractivity contribution >= 4 is 68.4 Å². The van der Waals surface area contributed by atoms with Crippen LogP contribution >= 0.6 is 28.1 Å². The molecule has 0 bridgehead atoms. The van der Waals surface area contributed by atoms with Gasteiger partial charge in [0.1, 0.15) is 5.57 Å². The van der Waals surface area contributed by atoms with Gasteiger partial charge in [0, 0.05) is 5.69 Å². The normalized spacial score (nSPS) is 14.3. The summed E-state index contributed by atoms with van der Waals surface area (Å²) in [6, 6.07) is 19.8. The molecule has 0 unspecified atom stereocenters. The van der Waals surface area contributed by atoms with E-state index in [9.17, 15) is 14.4 Å². The van der Waals surface area contributed by atoms with Gasteiger partial charge in [-0.15, -0.1) is 0 Å². The number of nitrogens with one attached hydrogen (secondary N) is 2. The molecule has 200 valence electrons. The molecule has 0 spiro atoms. The Morgan fingerprint density at radius 2 is 1.77 bits per heavy atom. The summed E-state index contributed by atoms with van der Waals surface area (Å²) < 4.78 is 12.0. The molecule has 0 radical (unpaired) electrons. The van der Waals surface area contributed by atoms with Crippen molar-refractivity contribution in [3.63, 3.8) is 0 Å². The molecule has 1 heterocycles. The van der Waals surface area contributed by atoms with Gasteiger partial charge in [-0.2, -0.15) is 0 Å². The van der Waals surface area contributed by atoms with Crippen molar-refractivity contribution in [1.29, 1.82) is 0 Å². The number of benzene rings is 3. The van der Waals surface area contributed by atoms with Gasteiger partial charge in [0.25, 0.3) is 17.7 Å². The highest BCUT2D eigenvalue weighted by Gasteiger charge is 2.34. The second-order valence-corrected chi connectivity index (χ2v) is 9.68. The van der Waals surface area contributed by atoms with Crippen molar-refractivity contribution in [3.8, 4) is 11.5 Å².